The van der Waals surface area contributed by atoms with Gasteiger partial charge in [-0.3, -0.25) is 4.90 Å². The molecule has 76 valence electrons. The zero-order valence-electron chi connectivity index (χ0n) is 7.97. The predicted octanol–water partition coefficient (Wildman–Crippen LogP) is 3.70. The summed E-state index contributed by atoms with van der Waals surface area (Å²) in [6.45, 7) is 3.41. The molecule has 1 aliphatic rings. The molecule has 0 atom stereocenters. The van der Waals surface area contributed by atoms with Crippen LogP contribution in [0.3, 0.4) is 0 Å². The highest BCUT2D eigenvalue weighted by atomic mass is 79.9. The SMILES string of the molecule is Clc1c(Br)cccc1CN1CCCC1. The van der Waals surface area contributed by atoms with Gasteiger partial charge in [0.25, 0.3) is 0 Å². The third kappa shape index (κ3) is 2.30. The van der Waals surface area contributed by atoms with Crippen molar-refractivity contribution in [2.75, 3.05) is 13.1 Å². The molecule has 0 radical (unpaired) electrons. The number of halogens is 2. The summed E-state index contributed by atoms with van der Waals surface area (Å²) in [7, 11) is 0. The van der Waals surface area contributed by atoms with Crippen molar-refractivity contribution in [3.63, 3.8) is 0 Å². The molecule has 2 rings (SSSR count). The minimum absolute atomic E-state index is 0.861. The zero-order valence-corrected chi connectivity index (χ0v) is 10.3. The molecule has 1 fully saturated rings. The number of benzene rings is 1. The molecule has 1 saturated heterocycles. The summed E-state index contributed by atoms with van der Waals surface area (Å²) in [6.07, 6.45) is 2.65. The monoisotopic (exact) mass is 273 g/mol. The van der Waals surface area contributed by atoms with Crippen LogP contribution in [0.4, 0.5) is 0 Å². The van der Waals surface area contributed by atoms with Crippen molar-refractivity contribution in [1.82, 2.24) is 4.90 Å². The lowest BCUT2D eigenvalue weighted by Crippen LogP contribution is -2.18. The topological polar surface area (TPSA) is 3.24 Å². The van der Waals surface area contributed by atoms with Crippen LogP contribution in [0, 0.1) is 0 Å². The van der Waals surface area contributed by atoms with Crippen LogP contribution in [0.5, 0.6) is 0 Å². The molecular formula is C11H13BrClN. The van der Waals surface area contributed by atoms with E-state index >= 15 is 0 Å². The second-order valence-electron chi connectivity index (χ2n) is 3.70. The fourth-order valence-electron chi connectivity index (χ4n) is 1.85. The quantitative estimate of drug-likeness (QED) is 0.795. The minimum atomic E-state index is 0.861. The molecule has 1 aromatic carbocycles. The summed E-state index contributed by atoms with van der Waals surface area (Å²) in [6, 6.07) is 6.13. The first kappa shape index (κ1) is 10.5. The van der Waals surface area contributed by atoms with Crippen molar-refractivity contribution in [3.05, 3.63) is 33.3 Å². The average molecular weight is 275 g/mol. The molecule has 0 unspecified atom stereocenters. The van der Waals surface area contributed by atoms with E-state index in [2.05, 4.69) is 26.9 Å². The van der Waals surface area contributed by atoms with Gasteiger partial charge in [0.2, 0.25) is 0 Å². The first-order chi connectivity index (χ1) is 6.77. The van der Waals surface area contributed by atoms with Gasteiger partial charge in [0.15, 0.2) is 0 Å². The highest BCUT2D eigenvalue weighted by Crippen LogP contribution is 2.27. The lowest BCUT2D eigenvalue weighted by Gasteiger charge is -2.15. The molecule has 0 aromatic heterocycles. The van der Waals surface area contributed by atoms with Gasteiger partial charge in [0, 0.05) is 11.0 Å². The molecule has 0 saturated carbocycles. The summed E-state index contributed by atoms with van der Waals surface area (Å²) < 4.78 is 0.996. The van der Waals surface area contributed by atoms with E-state index in [-0.39, 0.29) is 0 Å². The van der Waals surface area contributed by atoms with E-state index in [1.165, 1.54) is 31.5 Å². The van der Waals surface area contributed by atoms with Crippen molar-refractivity contribution >= 4 is 27.5 Å². The fourth-order valence-corrected chi connectivity index (χ4v) is 2.45. The lowest BCUT2D eigenvalue weighted by molar-refractivity contribution is 0.331. The van der Waals surface area contributed by atoms with Crippen LogP contribution < -0.4 is 0 Å². The molecule has 1 aromatic rings. The first-order valence-electron chi connectivity index (χ1n) is 4.92. The van der Waals surface area contributed by atoms with E-state index in [4.69, 9.17) is 11.6 Å². The van der Waals surface area contributed by atoms with Crippen LogP contribution in [0.1, 0.15) is 18.4 Å². The number of hydrogen-bond acceptors (Lipinski definition) is 1. The Hall–Kier alpha value is -0.0500. The number of rotatable bonds is 2. The maximum Gasteiger partial charge on any atom is 0.0593 e. The normalized spacial score (nSPS) is 17.6. The fraction of sp³-hybridized carbons (Fsp3) is 0.455. The predicted molar refractivity (Wildman–Crippen MR) is 63.7 cm³/mol. The van der Waals surface area contributed by atoms with E-state index in [9.17, 15) is 0 Å². The van der Waals surface area contributed by atoms with Crippen molar-refractivity contribution in [1.29, 1.82) is 0 Å². The Labute approximate surface area is 98.2 Å². The Morgan fingerprint density at radius 2 is 2.00 bits per heavy atom. The number of likely N-dealkylation sites (tertiary alicyclic amines) is 1. The third-order valence-electron chi connectivity index (χ3n) is 2.62. The molecule has 1 heterocycles. The summed E-state index contributed by atoms with van der Waals surface area (Å²) in [5.74, 6) is 0. The molecule has 0 aliphatic carbocycles. The van der Waals surface area contributed by atoms with Crippen molar-refractivity contribution in [2.45, 2.75) is 19.4 Å². The Morgan fingerprint density at radius 3 is 2.71 bits per heavy atom. The van der Waals surface area contributed by atoms with Crippen molar-refractivity contribution in [2.24, 2.45) is 0 Å². The summed E-state index contributed by atoms with van der Waals surface area (Å²) >= 11 is 9.64. The van der Waals surface area contributed by atoms with Gasteiger partial charge in [-0.2, -0.15) is 0 Å². The molecule has 0 spiro atoms. The second-order valence-corrected chi connectivity index (χ2v) is 4.93. The molecule has 1 aliphatic heterocycles. The van der Waals surface area contributed by atoms with Gasteiger partial charge < -0.3 is 0 Å². The van der Waals surface area contributed by atoms with E-state index < -0.39 is 0 Å². The van der Waals surface area contributed by atoms with Gasteiger partial charge in [-0.25, -0.2) is 0 Å². The van der Waals surface area contributed by atoms with Gasteiger partial charge in [-0.05, 0) is 53.5 Å². The van der Waals surface area contributed by atoms with E-state index in [1.54, 1.807) is 0 Å². The highest BCUT2D eigenvalue weighted by molar-refractivity contribution is 9.10. The maximum absolute atomic E-state index is 6.20. The molecular weight excluding hydrogens is 261 g/mol. The third-order valence-corrected chi connectivity index (χ3v) is 3.96. The van der Waals surface area contributed by atoms with Crippen LogP contribution >= 0.6 is 27.5 Å². The van der Waals surface area contributed by atoms with Crippen LogP contribution in [0.2, 0.25) is 5.02 Å². The van der Waals surface area contributed by atoms with Gasteiger partial charge in [0.1, 0.15) is 0 Å². The Bertz CT molecular complexity index is 321. The highest BCUT2D eigenvalue weighted by Gasteiger charge is 2.13. The standard InChI is InChI=1S/C11H13BrClN/c12-10-5-3-4-9(11(10)13)8-14-6-1-2-7-14/h3-5H,1-2,6-8H2. The van der Waals surface area contributed by atoms with E-state index in [0.717, 1.165) is 16.0 Å². The van der Waals surface area contributed by atoms with Gasteiger partial charge in [-0.15, -0.1) is 0 Å². The largest absolute Gasteiger partial charge is 0.299 e. The van der Waals surface area contributed by atoms with E-state index in [0.29, 0.717) is 0 Å². The zero-order chi connectivity index (χ0) is 9.97. The molecule has 14 heavy (non-hydrogen) atoms. The van der Waals surface area contributed by atoms with Crippen LogP contribution in [-0.4, -0.2) is 18.0 Å². The lowest BCUT2D eigenvalue weighted by atomic mass is 10.2. The Morgan fingerprint density at radius 1 is 1.29 bits per heavy atom. The first-order valence-corrected chi connectivity index (χ1v) is 6.10. The molecule has 1 nitrogen and oxygen atoms in total. The Kier molecular flexibility index (Phi) is 3.47. The Balaban J connectivity index is 2.11. The smallest absolute Gasteiger partial charge is 0.0593 e. The minimum Gasteiger partial charge on any atom is -0.299 e. The van der Waals surface area contributed by atoms with E-state index in [1.807, 2.05) is 12.1 Å². The van der Waals surface area contributed by atoms with Gasteiger partial charge >= 0.3 is 0 Å². The van der Waals surface area contributed by atoms with Gasteiger partial charge in [0.05, 0.1) is 5.02 Å². The molecule has 0 N–H and O–H groups in total. The molecule has 0 bridgehead atoms. The maximum atomic E-state index is 6.20. The number of nitrogens with zero attached hydrogens (tertiary/aromatic N) is 1. The van der Waals surface area contributed by atoms with Crippen molar-refractivity contribution < 1.29 is 0 Å². The summed E-state index contributed by atoms with van der Waals surface area (Å²) in [5, 5.41) is 0.861. The molecule has 0 amide bonds. The van der Waals surface area contributed by atoms with Crippen LogP contribution in [0.15, 0.2) is 22.7 Å². The van der Waals surface area contributed by atoms with Crippen molar-refractivity contribution in [3.8, 4) is 0 Å². The second kappa shape index (κ2) is 4.65. The average Bonchev–Trinajstić information content (AvgIpc) is 2.66. The van der Waals surface area contributed by atoms with Gasteiger partial charge in [-0.1, -0.05) is 23.7 Å². The van der Waals surface area contributed by atoms with Crippen LogP contribution in [-0.2, 0) is 6.54 Å². The summed E-state index contributed by atoms with van der Waals surface area (Å²) in [4.78, 5) is 2.45. The summed E-state index contributed by atoms with van der Waals surface area (Å²) in [5.41, 5.74) is 1.22. The molecule has 3 heteroatoms. The number of hydrogen-bond donors (Lipinski definition) is 0. The van der Waals surface area contributed by atoms with Crippen LogP contribution in [0.25, 0.3) is 0 Å².